The minimum absolute atomic E-state index is 0.0149. The summed E-state index contributed by atoms with van der Waals surface area (Å²) in [6, 6.07) is 7.09. The number of piperidine rings is 1. The van der Waals surface area contributed by atoms with Crippen LogP contribution in [-0.2, 0) is 0 Å². The lowest BCUT2D eigenvalue weighted by molar-refractivity contribution is 0.324. The summed E-state index contributed by atoms with van der Waals surface area (Å²) in [4.78, 5) is 12.0. The van der Waals surface area contributed by atoms with Crippen LogP contribution in [0.2, 0.25) is 0 Å². The van der Waals surface area contributed by atoms with Gasteiger partial charge in [0, 0.05) is 47.0 Å². The number of halogens is 1. The van der Waals surface area contributed by atoms with E-state index in [9.17, 15) is 4.39 Å². The Morgan fingerprint density at radius 1 is 1.31 bits per heavy atom. The fourth-order valence-electron chi connectivity index (χ4n) is 3.76. The van der Waals surface area contributed by atoms with Crippen LogP contribution < -0.4 is 10.6 Å². The zero-order chi connectivity index (χ0) is 18.3. The van der Waals surface area contributed by atoms with Crippen molar-refractivity contribution in [2.45, 2.75) is 38.3 Å². The number of H-pyrrole nitrogens is 1. The number of para-hydroxylation sites is 1. The van der Waals surface area contributed by atoms with Gasteiger partial charge < -0.3 is 15.6 Å². The number of aromatic nitrogens is 3. The molecule has 0 saturated carbocycles. The molecule has 3 heterocycles. The Morgan fingerprint density at radius 2 is 2.15 bits per heavy atom. The molecule has 3 aromatic rings. The van der Waals surface area contributed by atoms with Crippen LogP contribution in [0.4, 0.5) is 10.3 Å². The molecule has 134 valence electrons. The summed E-state index contributed by atoms with van der Waals surface area (Å²) >= 11 is 0. The van der Waals surface area contributed by atoms with Crippen molar-refractivity contribution in [1.29, 1.82) is 0 Å². The third kappa shape index (κ3) is 3.14. The molecule has 6 heteroatoms. The van der Waals surface area contributed by atoms with Crippen LogP contribution in [0.5, 0.6) is 0 Å². The molecule has 1 aliphatic heterocycles. The first-order valence-corrected chi connectivity index (χ1v) is 8.73. The first-order chi connectivity index (χ1) is 12.4. The number of nitrogens with zero attached hydrogens (tertiary/aromatic N) is 2. The predicted molar refractivity (Wildman–Crippen MR) is 102 cm³/mol. The molecule has 5 nitrogen and oxygen atoms in total. The van der Waals surface area contributed by atoms with E-state index in [0.717, 1.165) is 35.2 Å². The molecule has 0 aliphatic carbocycles. The van der Waals surface area contributed by atoms with Crippen LogP contribution in [0.3, 0.4) is 0 Å². The SMILES string of the molecule is C=C1CC(Nc2nccc(-c3c[nH]c4c(F)cccc34)n2)CC(C)(C)N1. The van der Waals surface area contributed by atoms with Gasteiger partial charge in [-0.05, 0) is 32.4 Å². The number of anilines is 1. The molecule has 3 N–H and O–H groups in total. The zero-order valence-corrected chi connectivity index (χ0v) is 14.9. The van der Waals surface area contributed by atoms with E-state index in [0.29, 0.717) is 11.5 Å². The normalized spacial score (nSPS) is 19.3. The molecule has 1 aliphatic rings. The Balaban J connectivity index is 1.63. The molecule has 4 rings (SSSR count). The van der Waals surface area contributed by atoms with Gasteiger partial charge in [-0.3, -0.25) is 0 Å². The van der Waals surface area contributed by atoms with Crippen LogP contribution in [-0.4, -0.2) is 26.5 Å². The second-order valence-electron chi connectivity index (χ2n) is 7.49. The highest BCUT2D eigenvalue weighted by atomic mass is 19.1. The molecular weight excluding hydrogens is 329 g/mol. The molecule has 1 saturated heterocycles. The molecule has 1 aromatic carbocycles. The van der Waals surface area contributed by atoms with Crippen molar-refractivity contribution in [3.8, 4) is 11.3 Å². The van der Waals surface area contributed by atoms with Crippen molar-refractivity contribution in [2.24, 2.45) is 0 Å². The quantitative estimate of drug-likeness (QED) is 0.661. The summed E-state index contributed by atoms with van der Waals surface area (Å²) in [5.74, 6) is 0.306. The lowest BCUT2D eigenvalue weighted by atomic mass is 9.88. The Hall–Kier alpha value is -2.89. The number of benzene rings is 1. The maximum Gasteiger partial charge on any atom is 0.223 e. The average molecular weight is 351 g/mol. The van der Waals surface area contributed by atoms with E-state index < -0.39 is 0 Å². The first-order valence-electron chi connectivity index (χ1n) is 8.73. The standard InChI is InChI=1S/C20H22FN5/c1-12-9-13(10-20(2,3)26-12)24-19-22-8-7-17(25-19)15-11-23-18-14(15)5-4-6-16(18)21/h4-8,11,13,23,26H,1,9-10H2,2-3H3,(H,22,24,25). The molecular formula is C20H22FN5. The Kier molecular flexibility index (Phi) is 3.90. The summed E-state index contributed by atoms with van der Waals surface area (Å²) in [6.45, 7) is 8.38. The van der Waals surface area contributed by atoms with E-state index in [1.54, 1.807) is 18.5 Å². The van der Waals surface area contributed by atoms with E-state index in [4.69, 9.17) is 0 Å². The summed E-state index contributed by atoms with van der Waals surface area (Å²) in [7, 11) is 0. The molecule has 26 heavy (non-hydrogen) atoms. The maximum atomic E-state index is 13.9. The van der Waals surface area contributed by atoms with Crippen LogP contribution in [0.1, 0.15) is 26.7 Å². The van der Waals surface area contributed by atoms with Crippen molar-refractivity contribution >= 4 is 16.9 Å². The van der Waals surface area contributed by atoms with Crippen molar-refractivity contribution in [1.82, 2.24) is 20.3 Å². The number of hydrogen-bond donors (Lipinski definition) is 3. The zero-order valence-electron chi connectivity index (χ0n) is 14.9. The summed E-state index contributed by atoms with van der Waals surface area (Å²) in [6.07, 6.45) is 5.28. The maximum absolute atomic E-state index is 13.9. The van der Waals surface area contributed by atoms with E-state index >= 15 is 0 Å². The van der Waals surface area contributed by atoms with Gasteiger partial charge in [0.2, 0.25) is 5.95 Å². The Labute approximate surface area is 151 Å². The summed E-state index contributed by atoms with van der Waals surface area (Å²) in [5, 5.41) is 7.65. The van der Waals surface area contributed by atoms with Crippen LogP contribution in [0.15, 0.2) is 48.9 Å². The lowest BCUT2D eigenvalue weighted by Gasteiger charge is -2.38. The number of fused-ring (bicyclic) bond motifs is 1. The third-order valence-corrected chi connectivity index (χ3v) is 4.69. The van der Waals surface area contributed by atoms with Gasteiger partial charge in [-0.25, -0.2) is 14.4 Å². The molecule has 0 radical (unpaired) electrons. The average Bonchev–Trinajstić information content (AvgIpc) is 2.98. The minimum atomic E-state index is -0.267. The highest BCUT2D eigenvalue weighted by Crippen LogP contribution is 2.30. The van der Waals surface area contributed by atoms with Crippen LogP contribution in [0.25, 0.3) is 22.2 Å². The number of nitrogens with one attached hydrogen (secondary N) is 3. The van der Waals surface area contributed by atoms with E-state index in [1.807, 2.05) is 12.1 Å². The molecule has 2 aromatic heterocycles. The largest absolute Gasteiger partial charge is 0.384 e. The molecule has 0 amide bonds. The highest BCUT2D eigenvalue weighted by molar-refractivity contribution is 5.94. The minimum Gasteiger partial charge on any atom is -0.384 e. The molecule has 0 spiro atoms. The highest BCUT2D eigenvalue weighted by Gasteiger charge is 2.29. The van der Waals surface area contributed by atoms with Gasteiger partial charge in [0.05, 0.1) is 11.2 Å². The van der Waals surface area contributed by atoms with Crippen molar-refractivity contribution in [2.75, 3.05) is 5.32 Å². The fraction of sp³-hybridized carbons (Fsp3) is 0.300. The number of rotatable bonds is 3. The monoisotopic (exact) mass is 351 g/mol. The van der Waals surface area contributed by atoms with E-state index in [2.05, 4.69) is 46.0 Å². The number of aromatic amines is 1. The molecule has 1 fully saturated rings. The Bertz CT molecular complexity index is 975. The van der Waals surface area contributed by atoms with Crippen molar-refractivity contribution in [3.63, 3.8) is 0 Å². The van der Waals surface area contributed by atoms with Gasteiger partial charge in [0.15, 0.2) is 0 Å². The van der Waals surface area contributed by atoms with Gasteiger partial charge in [0.25, 0.3) is 0 Å². The van der Waals surface area contributed by atoms with Gasteiger partial charge in [-0.1, -0.05) is 18.7 Å². The van der Waals surface area contributed by atoms with Crippen LogP contribution in [0, 0.1) is 5.82 Å². The second-order valence-corrected chi connectivity index (χ2v) is 7.49. The van der Waals surface area contributed by atoms with Gasteiger partial charge in [0.1, 0.15) is 5.82 Å². The van der Waals surface area contributed by atoms with Crippen molar-refractivity contribution in [3.05, 3.63) is 54.8 Å². The predicted octanol–water partition coefficient (Wildman–Crippen LogP) is 4.22. The third-order valence-electron chi connectivity index (χ3n) is 4.69. The Morgan fingerprint density at radius 3 is 2.96 bits per heavy atom. The topological polar surface area (TPSA) is 65.6 Å². The fourth-order valence-corrected chi connectivity index (χ4v) is 3.76. The second kappa shape index (κ2) is 6.12. The van der Waals surface area contributed by atoms with Crippen LogP contribution >= 0.6 is 0 Å². The summed E-state index contributed by atoms with van der Waals surface area (Å²) in [5.41, 5.74) is 3.11. The van der Waals surface area contributed by atoms with Crippen molar-refractivity contribution < 1.29 is 4.39 Å². The molecule has 0 bridgehead atoms. The van der Waals surface area contributed by atoms with E-state index in [1.165, 1.54) is 6.07 Å². The summed E-state index contributed by atoms with van der Waals surface area (Å²) < 4.78 is 13.9. The molecule has 1 unspecified atom stereocenters. The lowest BCUT2D eigenvalue weighted by Crippen LogP contribution is -2.48. The van der Waals surface area contributed by atoms with E-state index in [-0.39, 0.29) is 17.4 Å². The number of hydrogen-bond acceptors (Lipinski definition) is 4. The first kappa shape index (κ1) is 16.6. The van der Waals surface area contributed by atoms with Gasteiger partial charge in [-0.2, -0.15) is 0 Å². The smallest absolute Gasteiger partial charge is 0.223 e. The van der Waals surface area contributed by atoms with Gasteiger partial charge in [-0.15, -0.1) is 0 Å². The molecule has 1 atom stereocenters. The van der Waals surface area contributed by atoms with Gasteiger partial charge >= 0.3 is 0 Å².